The van der Waals surface area contributed by atoms with Crippen molar-refractivity contribution >= 4 is 6.09 Å². The smallest absolute Gasteiger partial charge is 0.445 e. The molecule has 1 N–H and O–H groups in total. The highest BCUT2D eigenvalue weighted by Crippen LogP contribution is 2.25. The van der Waals surface area contributed by atoms with Crippen molar-refractivity contribution < 1.29 is 22.7 Å². The summed E-state index contributed by atoms with van der Waals surface area (Å²) in [5, 5.41) is 2.49. The number of amides is 1. The highest BCUT2D eigenvalue weighted by Gasteiger charge is 2.40. The highest BCUT2D eigenvalue weighted by molar-refractivity contribution is 5.67. The van der Waals surface area contributed by atoms with Crippen LogP contribution in [0.5, 0.6) is 0 Å². The van der Waals surface area contributed by atoms with Gasteiger partial charge in [-0.25, -0.2) is 9.69 Å². The molecule has 1 atom stereocenters. The number of carbonyl (C=O) groups excluding carboxylic acids is 1. The largest absolute Gasteiger partial charge is 0.459 e. The molecule has 21 heavy (non-hydrogen) atoms. The average Bonchev–Trinajstić information content (AvgIpc) is 2.46. The van der Waals surface area contributed by atoms with Crippen LogP contribution >= 0.6 is 0 Å². The predicted octanol–water partition coefficient (Wildman–Crippen LogP) is 2.90. The minimum atomic E-state index is -4.35. The molecular weight excluding hydrogens is 285 g/mol. The molecule has 1 aliphatic heterocycles. The topological polar surface area (TPSA) is 41.6 Å². The number of carbonyl (C=O) groups is 1. The predicted molar refractivity (Wildman–Crippen MR) is 70.4 cm³/mol. The Morgan fingerprint density at radius 2 is 2.05 bits per heavy atom. The van der Waals surface area contributed by atoms with Crippen LogP contribution in [0.1, 0.15) is 18.4 Å². The zero-order valence-corrected chi connectivity index (χ0v) is 11.4. The molecule has 0 aromatic heterocycles. The number of alkyl carbamates (subject to hydrolysis) is 1. The number of halogens is 3. The monoisotopic (exact) mass is 302 g/mol. The van der Waals surface area contributed by atoms with Gasteiger partial charge in [-0.2, -0.15) is 13.2 Å². The fourth-order valence-corrected chi connectivity index (χ4v) is 2.26. The number of alkyl halides is 3. The number of likely N-dealkylation sites (tertiary alicyclic amines) is 1. The van der Waals surface area contributed by atoms with Crippen LogP contribution in [0.3, 0.4) is 0 Å². The molecule has 1 aliphatic rings. The van der Waals surface area contributed by atoms with Crippen LogP contribution in [0.2, 0.25) is 0 Å². The summed E-state index contributed by atoms with van der Waals surface area (Å²) < 4.78 is 42.8. The van der Waals surface area contributed by atoms with Gasteiger partial charge in [0.2, 0.25) is 0 Å². The lowest BCUT2D eigenvalue weighted by atomic mass is 10.1. The SMILES string of the molecule is O=C(N[C@H]1CCCN(C(F)(F)F)C1)OCc1ccccc1. The highest BCUT2D eigenvalue weighted by atomic mass is 19.4. The zero-order chi connectivity index (χ0) is 15.3. The summed E-state index contributed by atoms with van der Waals surface area (Å²) >= 11 is 0. The molecule has 0 aliphatic carbocycles. The Hall–Kier alpha value is -1.76. The number of hydrogen-bond acceptors (Lipinski definition) is 3. The maximum absolute atomic E-state index is 12.6. The number of benzene rings is 1. The third kappa shape index (κ3) is 4.93. The molecule has 116 valence electrons. The first-order valence-corrected chi connectivity index (χ1v) is 6.74. The van der Waals surface area contributed by atoms with Gasteiger partial charge < -0.3 is 10.1 Å². The Morgan fingerprint density at radius 3 is 2.71 bits per heavy atom. The van der Waals surface area contributed by atoms with Gasteiger partial charge in [-0.15, -0.1) is 0 Å². The maximum atomic E-state index is 12.6. The summed E-state index contributed by atoms with van der Waals surface area (Å²) in [6.07, 6.45) is -4.13. The first kappa shape index (κ1) is 15.6. The lowest BCUT2D eigenvalue weighted by Crippen LogP contribution is -2.52. The van der Waals surface area contributed by atoms with E-state index in [2.05, 4.69) is 5.32 Å². The summed E-state index contributed by atoms with van der Waals surface area (Å²) in [5.74, 6) is 0. The molecule has 0 spiro atoms. The standard InChI is InChI=1S/C14H17F3N2O2/c15-14(16,17)19-8-4-7-12(9-19)18-13(20)21-10-11-5-2-1-3-6-11/h1-3,5-6,12H,4,7-10H2,(H,18,20)/t12-/m0/s1. The zero-order valence-electron chi connectivity index (χ0n) is 11.4. The van der Waals surface area contributed by atoms with E-state index in [0.29, 0.717) is 17.7 Å². The molecule has 1 heterocycles. The molecule has 1 saturated heterocycles. The van der Waals surface area contributed by atoms with Gasteiger partial charge in [0.05, 0.1) is 0 Å². The molecule has 0 radical (unpaired) electrons. The fraction of sp³-hybridized carbons (Fsp3) is 0.500. The summed E-state index contributed by atoms with van der Waals surface area (Å²) in [6, 6.07) is 8.55. The molecule has 1 aromatic carbocycles. The van der Waals surface area contributed by atoms with Gasteiger partial charge in [0.15, 0.2) is 0 Å². The summed E-state index contributed by atoms with van der Waals surface area (Å²) in [5.41, 5.74) is 0.827. The average molecular weight is 302 g/mol. The van der Waals surface area contributed by atoms with Crippen LogP contribution in [-0.2, 0) is 11.3 Å². The number of piperidine rings is 1. The molecule has 0 unspecified atom stereocenters. The van der Waals surface area contributed by atoms with Gasteiger partial charge >= 0.3 is 12.4 Å². The second-order valence-corrected chi connectivity index (χ2v) is 4.96. The molecule has 7 heteroatoms. The van der Waals surface area contributed by atoms with E-state index in [1.165, 1.54) is 0 Å². The molecular formula is C14H17F3N2O2. The van der Waals surface area contributed by atoms with Crippen molar-refractivity contribution in [2.75, 3.05) is 13.1 Å². The second-order valence-electron chi connectivity index (χ2n) is 4.96. The van der Waals surface area contributed by atoms with Crippen LogP contribution in [0, 0.1) is 0 Å². The van der Waals surface area contributed by atoms with Crippen LogP contribution in [-0.4, -0.2) is 36.4 Å². The fourth-order valence-electron chi connectivity index (χ4n) is 2.26. The van der Waals surface area contributed by atoms with E-state index in [1.54, 1.807) is 12.1 Å². The van der Waals surface area contributed by atoms with Crippen molar-refractivity contribution in [3.63, 3.8) is 0 Å². The van der Waals surface area contributed by atoms with Crippen molar-refractivity contribution in [3.05, 3.63) is 35.9 Å². The van der Waals surface area contributed by atoms with E-state index >= 15 is 0 Å². The molecule has 2 rings (SSSR count). The number of nitrogens with one attached hydrogen (secondary N) is 1. The molecule has 1 amide bonds. The van der Waals surface area contributed by atoms with E-state index in [0.717, 1.165) is 5.56 Å². The number of hydrogen-bond donors (Lipinski definition) is 1. The minimum Gasteiger partial charge on any atom is -0.445 e. The van der Waals surface area contributed by atoms with Crippen LogP contribution < -0.4 is 5.32 Å². The molecule has 1 aromatic rings. The van der Waals surface area contributed by atoms with Gasteiger partial charge in [-0.1, -0.05) is 30.3 Å². The maximum Gasteiger partial charge on any atom is 0.459 e. The summed E-state index contributed by atoms with van der Waals surface area (Å²) in [7, 11) is 0. The van der Waals surface area contributed by atoms with Crippen molar-refractivity contribution in [3.8, 4) is 0 Å². The summed E-state index contributed by atoms with van der Waals surface area (Å²) in [6.45, 7) is -0.160. The Morgan fingerprint density at radius 1 is 1.33 bits per heavy atom. The number of nitrogens with zero attached hydrogens (tertiary/aromatic N) is 1. The normalized spacial score (nSPS) is 20.0. The van der Waals surface area contributed by atoms with Crippen LogP contribution in [0.25, 0.3) is 0 Å². The van der Waals surface area contributed by atoms with Crippen LogP contribution in [0.15, 0.2) is 30.3 Å². The lowest BCUT2D eigenvalue weighted by Gasteiger charge is -2.33. The van der Waals surface area contributed by atoms with E-state index in [-0.39, 0.29) is 19.7 Å². The third-order valence-electron chi connectivity index (χ3n) is 3.31. The molecule has 4 nitrogen and oxygen atoms in total. The Bertz CT molecular complexity index is 465. The number of ether oxygens (including phenoxy) is 1. The van der Waals surface area contributed by atoms with E-state index in [9.17, 15) is 18.0 Å². The van der Waals surface area contributed by atoms with Crippen molar-refractivity contribution in [1.29, 1.82) is 0 Å². The first-order chi connectivity index (χ1) is 9.95. The van der Waals surface area contributed by atoms with Crippen molar-refractivity contribution in [2.45, 2.75) is 31.8 Å². The van der Waals surface area contributed by atoms with E-state index in [4.69, 9.17) is 4.74 Å². The van der Waals surface area contributed by atoms with Crippen molar-refractivity contribution in [1.82, 2.24) is 10.2 Å². The van der Waals surface area contributed by atoms with Gasteiger partial charge in [0, 0.05) is 19.1 Å². The van der Waals surface area contributed by atoms with Gasteiger partial charge in [0.1, 0.15) is 6.61 Å². The first-order valence-electron chi connectivity index (χ1n) is 6.74. The molecule has 0 saturated carbocycles. The van der Waals surface area contributed by atoms with E-state index in [1.807, 2.05) is 18.2 Å². The molecule has 0 bridgehead atoms. The minimum absolute atomic E-state index is 0.0270. The van der Waals surface area contributed by atoms with Crippen molar-refractivity contribution in [2.24, 2.45) is 0 Å². The second kappa shape index (κ2) is 6.80. The van der Waals surface area contributed by atoms with Gasteiger partial charge in [0.25, 0.3) is 0 Å². The Labute approximate surface area is 120 Å². The van der Waals surface area contributed by atoms with Gasteiger partial charge in [-0.3, -0.25) is 0 Å². The van der Waals surface area contributed by atoms with Crippen LogP contribution in [0.4, 0.5) is 18.0 Å². The quantitative estimate of drug-likeness (QED) is 0.873. The van der Waals surface area contributed by atoms with Gasteiger partial charge in [-0.05, 0) is 18.4 Å². The summed E-state index contributed by atoms with van der Waals surface area (Å²) in [4.78, 5) is 12.0. The Balaban J connectivity index is 1.77. The molecule has 1 fully saturated rings. The third-order valence-corrected chi connectivity index (χ3v) is 3.31. The number of rotatable bonds is 3. The van der Waals surface area contributed by atoms with E-state index < -0.39 is 18.4 Å². The Kier molecular flexibility index (Phi) is 5.06. The lowest BCUT2D eigenvalue weighted by molar-refractivity contribution is -0.251.